The van der Waals surface area contributed by atoms with E-state index in [0.29, 0.717) is 5.69 Å². The molecule has 72 valence electrons. The molecule has 0 aliphatic carbocycles. The van der Waals surface area contributed by atoms with Gasteiger partial charge in [0.05, 0.1) is 12.0 Å². The molecule has 0 fully saturated rings. The average molecular weight is 189 g/mol. The fourth-order valence-electron chi connectivity index (χ4n) is 1.49. The summed E-state index contributed by atoms with van der Waals surface area (Å²) in [5.41, 5.74) is 3.07. The van der Waals surface area contributed by atoms with Gasteiger partial charge in [0.15, 0.2) is 11.4 Å². The van der Waals surface area contributed by atoms with E-state index in [9.17, 15) is 4.79 Å². The van der Waals surface area contributed by atoms with E-state index in [1.165, 1.54) is 6.92 Å². The zero-order valence-electron chi connectivity index (χ0n) is 8.42. The molecule has 14 heavy (non-hydrogen) atoms. The summed E-state index contributed by atoms with van der Waals surface area (Å²) in [6, 6.07) is 1.78. The summed E-state index contributed by atoms with van der Waals surface area (Å²) in [6.45, 7) is 5.32. The third-order valence-electron chi connectivity index (χ3n) is 2.28. The average Bonchev–Trinajstić information content (AvgIpc) is 2.48. The Kier molecular flexibility index (Phi) is 1.88. The molecule has 0 spiro atoms. The lowest BCUT2D eigenvalue weighted by molar-refractivity contribution is 0.101. The maximum atomic E-state index is 11.2. The monoisotopic (exact) mass is 189 g/mol. The number of hydrogen-bond acceptors (Lipinski definition) is 3. The van der Waals surface area contributed by atoms with Gasteiger partial charge in [-0.15, -0.1) is 0 Å². The van der Waals surface area contributed by atoms with Crippen molar-refractivity contribution in [2.24, 2.45) is 0 Å². The van der Waals surface area contributed by atoms with E-state index in [4.69, 9.17) is 4.42 Å². The molecule has 0 aromatic carbocycles. The van der Waals surface area contributed by atoms with Gasteiger partial charge in [-0.25, -0.2) is 4.98 Å². The molecule has 0 N–H and O–H groups in total. The number of carbonyl (C=O) groups is 1. The summed E-state index contributed by atoms with van der Waals surface area (Å²) in [6.07, 6.45) is 1.68. The van der Waals surface area contributed by atoms with Crippen LogP contribution < -0.4 is 0 Å². The van der Waals surface area contributed by atoms with Gasteiger partial charge in [-0.05, 0) is 25.5 Å². The first-order valence-electron chi connectivity index (χ1n) is 4.46. The van der Waals surface area contributed by atoms with Gasteiger partial charge < -0.3 is 4.42 Å². The Morgan fingerprint density at radius 1 is 1.43 bits per heavy atom. The standard InChI is InChI=1S/C11H11NO2/c1-6-5-14-11-7(2)12-10(8(3)13)4-9(6)11/h4-5H,1-3H3. The van der Waals surface area contributed by atoms with Crippen molar-refractivity contribution in [3.8, 4) is 0 Å². The van der Waals surface area contributed by atoms with Crippen LogP contribution in [0.5, 0.6) is 0 Å². The van der Waals surface area contributed by atoms with Gasteiger partial charge in [-0.3, -0.25) is 4.79 Å². The second-order valence-corrected chi connectivity index (χ2v) is 3.44. The molecule has 0 saturated heterocycles. The van der Waals surface area contributed by atoms with Gasteiger partial charge in [-0.1, -0.05) is 0 Å². The molecule has 0 atom stereocenters. The molecule has 0 bridgehead atoms. The molecule has 0 radical (unpaired) electrons. The van der Waals surface area contributed by atoms with Crippen LogP contribution in [-0.2, 0) is 0 Å². The number of carbonyl (C=O) groups excluding carboxylic acids is 1. The van der Waals surface area contributed by atoms with Gasteiger partial charge >= 0.3 is 0 Å². The molecule has 0 aliphatic rings. The fourth-order valence-corrected chi connectivity index (χ4v) is 1.49. The van der Waals surface area contributed by atoms with E-state index >= 15 is 0 Å². The normalized spacial score (nSPS) is 10.8. The lowest BCUT2D eigenvalue weighted by Crippen LogP contribution is -1.98. The summed E-state index contributed by atoms with van der Waals surface area (Å²) in [5.74, 6) is -0.0180. The summed E-state index contributed by atoms with van der Waals surface area (Å²) in [4.78, 5) is 15.4. The number of aromatic nitrogens is 1. The van der Waals surface area contributed by atoms with E-state index < -0.39 is 0 Å². The maximum Gasteiger partial charge on any atom is 0.178 e. The van der Waals surface area contributed by atoms with Crippen LogP contribution >= 0.6 is 0 Å². The molecule has 2 aromatic rings. The Morgan fingerprint density at radius 3 is 2.79 bits per heavy atom. The lowest BCUT2D eigenvalue weighted by atomic mass is 10.1. The van der Waals surface area contributed by atoms with E-state index in [0.717, 1.165) is 22.2 Å². The number of pyridine rings is 1. The smallest absolute Gasteiger partial charge is 0.178 e. The van der Waals surface area contributed by atoms with Crippen LogP contribution in [0, 0.1) is 13.8 Å². The fraction of sp³-hybridized carbons (Fsp3) is 0.273. The molecule has 0 aliphatic heterocycles. The molecule has 0 saturated carbocycles. The zero-order valence-corrected chi connectivity index (χ0v) is 8.42. The SMILES string of the molecule is CC(=O)c1cc2c(C)coc2c(C)n1. The van der Waals surface area contributed by atoms with Crippen LogP contribution in [-0.4, -0.2) is 10.8 Å². The van der Waals surface area contributed by atoms with Crippen LogP contribution in [0.4, 0.5) is 0 Å². The summed E-state index contributed by atoms with van der Waals surface area (Å²) in [7, 11) is 0. The number of Topliss-reactive ketones (excluding diaryl/α,β-unsaturated/α-hetero) is 1. The molecule has 2 heterocycles. The minimum Gasteiger partial charge on any atom is -0.462 e. The van der Waals surface area contributed by atoms with E-state index in [-0.39, 0.29) is 5.78 Å². The minimum absolute atomic E-state index is 0.0180. The summed E-state index contributed by atoms with van der Waals surface area (Å²) >= 11 is 0. The second kappa shape index (κ2) is 2.94. The summed E-state index contributed by atoms with van der Waals surface area (Å²) in [5, 5.41) is 0.975. The van der Waals surface area contributed by atoms with Crippen molar-refractivity contribution in [3.63, 3.8) is 0 Å². The van der Waals surface area contributed by atoms with Gasteiger partial charge in [0.2, 0.25) is 0 Å². The largest absolute Gasteiger partial charge is 0.462 e. The maximum absolute atomic E-state index is 11.2. The molecule has 2 rings (SSSR count). The third-order valence-corrected chi connectivity index (χ3v) is 2.28. The van der Waals surface area contributed by atoms with Gasteiger partial charge in [0.1, 0.15) is 5.69 Å². The highest BCUT2D eigenvalue weighted by atomic mass is 16.3. The highest BCUT2D eigenvalue weighted by Gasteiger charge is 2.10. The molecule has 0 amide bonds. The highest BCUT2D eigenvalue weighted by molar-refractivity contribution is 5.96. The molecule has 2 aromatic heterocycles. The van der Waals surface area contributed by atoms with Crippen LogP contribution in [0.25, 0.3) is 11.0 Å². The van der Waals surface area contributed by atoms with Gasteiger partial charge in [0, 0.05) is 12.3 Å². The predicted octanol–water partition coefficient (Wildman–Crippen LogP) is 2.65. The molecule has 3 heteroatoms. The molecule has 3 nitrogen and oxygen atoms in total. The van der Waals surface area contributed by atoms with E-state index in [2.05, 4.69) is 4.98 Å². The van der Waals surface area contributed by atoms with Gasteiger partial charge in [0.25, 0.3) is 0 Å². The van der Waals surface area contributed by atoms with Crippen molar-refractivity contribution in [1.29, 1.82) is 0 Å². The quantitative estimate of drug-likeness (QED) is 0.647. The van der Waals surface area contributed by atoms with Crippen molar-refractivity contribution in [2.75, 3.05) is 0 Å². The van der Waals surface area contributed by atoms with Crippen molar-refractivity contribution >= 4 is 16.8 Å². The Labute approximate surface area is 81.7 Å². The topological polar surface area (TPSA) is 43.1 Å². The van der Waals surface area contributed by atoms with Crippen LogP contribution in [0.2, 0.25) is 0 Å². The first-order valence-corrected chi connectivity index (χ1v) is 4.46. The van der Waals surface area contributed by atoms with Crippen molar-refractivity contribution < 1.29 is 9.21 Å². The van der Waals surface area contributed by atoms with Crippen LogP contribution in [0.1, 0.15) is 28.7 Å². The number of nitrogens with zero attached hydrogens (tertiary/aromatic N) is 1. The number of hydrogen-bond donors (Lipinski definition) is 0. The van der Waals surface area contributed by atoms with Crippen LogP contribution in [0.15, 0.2) is 16.7 Å². The first kappa shape index (κ1) is 8.94. The Balaban J connectivity index is 2.82. The lowest BCUT2D eigenvalue weighted by Gasteiger charge is -1.98. The highest BCUT2D eigenvalue weighted by Crippen LogP contribution is 2.23. The summed E-state index contributed by atoms with van der Waals surface area (Å²) < 4.78 is 5.34. The molecular formula is C11H11NO2. The Bertz CT molecular complexity index is 511. The number of fused-ring (bicyclic) bond motifs is 1. The molecular weight excluding hydrogens is 178 g/mol. The Morgan fingerprint density at radius 2 is 2.14 bits per heavy atom. The predicted molar refractivity (Wildman–Crippen MR) is 53.5 cm³/mol. The van der Waals surface area contributed by atoms with Crippen molar-refractivity contribution in [1.82, 2.24) is 4.98 Å². The number of aryl methyl sites for hydroxylation is 2. The number of ketones is 1. The molecule has 0 unspecified atom stereocenters. The number of rotatable bonds is 1. The third kappa shape index (κ3) is 1.21. The zero-order chi connectivity index (χ0) is 10.3. The van der Waals surface area contributed by atoms with Crippen molar-refractivity contribution in [2.45, 2.75) is 20.8 Å². The number of furan rings is 1. The van der Waals surface area contributed by atoms with E-state index in [1.54, 1.807) is 12.3 Å². The first-order chi connectivity index (χ1) is 6.59. The second-order valence-electron chi connectivity index (χ2n) is 3.44. The van der Waals surface area contributed by atoms with Crippen LogP contribution in [0.3, 0.4) is 0 Å². The van der Waals surface area contributed by atoms with Gasteiger partial charge in [-0.2, -0.15) is 0 Å². The minimum atomic E-state index is -0.0180. The van der Waals surface area contributed by atoms with Crippen molar-refractivity contribution in [3.05, 3.63) is 29.3 Å². The van der Waals surface area contributed by atoms with E-state index in [1.807, 2.05) is 13.8 Å². The Hall–Kier alpha value is -1.64.